The quantitative estimate of drug-likeness (QED) is 0.646. The fourth-order valence-corrected chi connectivity index (χ4v) is 3.68. The summed E-state index contributed by atoms with van der Waals surface area (Å²) in [6, 6.07) is 5.48. The Hall–Kier alpha value is -1.39. The van der Waals surface area contributed by atoms with E-state index in [1.165, 1.54) is 38.2 Å². The van der Waals surface area contributed by atoms with E-state index in [0.29, 0.717) is 24.2 Å². The van der Waals surface area contributed by atoms with Crippen molar-refractivity contribution in [2.24, 2.45) is 0 Å². The standard InChI is InChI=1S/C21H30FNO2/c1-2-3-4-5-6-7-8-19-12-16-11-17(20(22)13-21(16)25-19)14-23-10-9-18(24)15-23/h11-13,18,24H,2-10,14-15H2,1H3/t18-/m0/s1. The van der Waals surface area contributed by atoms with Crippen molar-refractivity contribution in [3.8, 4) is 0 Å². The molecule has 0 unspecified atom stereocenters. The second kappa shape index (κ2) is 8.81. The van der Waals surface area contributed by atoms with E-state index in [0.717, 1.165) is 37.0 Å². The number of fused-ring (bicyclic) bond motifs is 1. The molecule has 1 saturated heterocycles. The zero-order valence-corrected chi connectivity index (χ0v) is 15.3. The van der Waals surface area contributed by atoms with Gasteiger partial charge in [-0.2, -0.15) is 0 Å². The number of aliphatic hydroxyl groups excluding tert-OH is 1. The van der Waals surface area contributed by atoms with Crippen LogP contribution in [0.5, 0.6) is 0 Å². The average molecular weight is 347 g/mol. The van der Waals surface area contributed by atoms with Crippen molar-refractivity contribution < 1.29 is 13.9 Å². The first-order valence-electron chi connectivity index (χ1n) is 9.77. The lowest BCUT2D eigenvalue weighted by Gasteiger charge is -2.15. The molecule has 25 heavy (non-hydrogen) atoms. The van der Waals surface area contributed by atoms with Crippen molar-refractivity contribution in [2.45, 2.75) is 70.9 Å². The minimum atomic E-state index is -0.273. The number of hydrogen-bond acceptors (Lipinski definition) is 3. The molecule has 1 aliphatic rings. The van der Waals surface area contributed by atoms with Gasteiger partial charge in [0.1, 0.15) is 17.2 Å². The Morgan fingerprint density at radius 1 is 1.16 bits per heavy atom. The topological polar surface area (TPSA) is 36.6 Å². The van der Waals surface area contributed by atoms with Gasteiger partial charge in [0.2, 0.25) is 0 Å². The number of halogens is 1. The highest BCUT2D eigenvalue weighted by atomic mass is 19.1. The molecule has 1 aromatic heterocycles. The largest absolute Gasteiger partial charge is 0.461 e. The molecule has 0 saturated carbocycles. The van der Waals surface area contributed by atoms with Crippen LogP contribution < -0.4 is 0 Å². The number of furan rings is 1. The molecule has 0 bridgehead atoms. The Morgan fingerprint density at radius 2 is 1.96 bits per heavy atom. The summed E-state index contributed by atoms with van der Waals surface area (Å²) in [5.41, 5.74) is 1.33. The zero-order valence-electron chi connectivity index (χ0n) is 15.3. The van der Waals surface area contributed by atoms with Gasteiger partial charge in [-0.15, -0.1) is 0 Å². The normalized spacial score (nSPS) is 18.4. The van der Waals surface area contributed by atoms with E-state index in [-0.39, 0.29) is 11.9 Å². The lowest BCUT2D eigenvalue weighted by Crippen LogP contribution is -2.22. The molecule has 0 spiro atoms. The number of unbranched alkanes of at least 4 members (excludes halogenated alkanes) is 5. The fourth-order valence-electron chi connectivity index (χ4n) is 3.68. The molecule has 1 aliphatic heterocycles. The van der Waals surface area contributed by atoms with Crippen LogP contribution >= 0.6 is 0 Å². The van der Waals surface area contributed by atoms with Crippen molar-refractivity contribution in [3.05, 3.63) is 35.3 Å². The number of benzene rings is 1. The minimum absolute atomic E-state index is 0.214. The van der Waals surface area contributed by atoms with Crippen molar-refractivity contribution in [1.29, 1.82) is 0 Å². The van der Waals surface area contributed by atoms with Crippen LogP contribution in [0.15, 0.2) is 22.6 Å². The molecule has 2 aromatic rings. The van der Waals surface area contributed by atoms with E-state index >= 15 is 0 Å². The first kappa shape index (κ1) is 18.4. The van der Waals surface area contributed by atoms with Crippen molar-refractivity contribution in [1.82, 2.24) is 4.90 Å². The summed E-state index contributed by atoms with van der Waals surface area (Å²) in [6.07, 6.45) is 8.98. The van der Waals surface area contributed by atoms with E-state index < -0.39 is 0 Å². The van der Waals surface area contributed by atoms with Gasteiger partial charge in [0.05, 0.1) is 6.10 Å². The van der Waals surface area contributed by atoms with Crippen LogP contribution in [0.4, 0.5) is 4.39 Å². The van der Waals surface area contributed by atoms with E-state index in [9.17, 15) is 9.50 Å². The maximum Gasteiger partial charge on any atom is 0.137 e. The van der Waals surface area contributed by atoms with Crippen LogP contribution in [-0.2, 0) is 13.0 Å². The second-order valence-corrected chi connectivity index (χ2v) is 7.39. The molecule has 4 heteroatoms. The number of likely N-dealkylation sites (tertiary alicyclic amines) is 1. The van der Waals surface area contributed by atoms with Gasteiger partial charge in [0, 0.05) is 43.1 Å². The van der Waals surface area contributed by atoms with Gasteiger partial charge >= 0.3 is 0 Å². The molecule has 1 fully saturated rings. The van der Waals surface area contributed by atoms with Crippen molar-refractivity contribution >= 4 is 11.0 Å². The molecule has 0 amide bonds. The van der Waals surface area contributed by atoms with E-state index in [1.54, 1.807) is 0 Å². The van der Waals surface area contributed by atoms with Gasteiger partial charge in [0.25, 0.3) is 0 Å². The molecule has 3 nitrogen and oxygen atoms in total. The Bertz CT molecular complexity index is 682. The summed E-state index contributed by atoms with van der Waals surface area (Å²) >= 11 is 0. The summed E-state index contributed by atoms with van der Waals surface area (Å²) in [7, 11) is 0. The summed E-state index contributed by atoms with van der Waals surface area (Å²) in [4.78, 5) is 2.10. The third-order valence-corrected chi connectivity index (χ3v) is 5.15. The van der Waals surface area contributed by atoms with Crippen molar-refractivity contribution in [3.63, 3.8) is 0 Å². The van der Waals surface area contributed by atoms with Gasteiger partial charge < -0.3 is 9.52 Å². The Morgan fingerprint density at radius 3 is 2.72 bits per heavy atom. The van der Waals surface area contributed by atoms with Crippen LogP contribution in [0.25, 0.3) is 11.0 Å². The highest BCUT2D eigenvalue weighted by molar-refractivity contribution is 5.79. The van der Waals surface area contributed by atoms with Crippen LogP contribution in [0.2, 0.25) is 0 Å². The number of hydrogen-bond donors (Lipinski definition) is 1. The molecule has 3 rings (SSSR count). The lowest BCUT2D eigenvalue weighted by atomic mass is 10.1. The monoisotopic (exact) mass is 347 g/mol. The van der Waals surface area contributed by atoms with Gasteiger partial charge in [-0.3, -0.25) is 4.90 Å². The fraction of sp³-hybridized carbons (Fsp3) is 0.619. The Kier molecular flexibility index (Phi) is 6.49. The number of aryl methyl sites for hydroxylation is 1. The molecule has 1 aromatic carbocycles. The van der Waals surface area contributed by atoms with Crippen molar-refractivity contribution in [2.75, 3.05) is 13.1 Å². The van der Waals surface area contributed by atoms with Crippen LogP contribution in [0, 0.1) is 5.82 Å². The molecular formula is C21H30FNO2. The maximum absolute atomic E-state index is 14.4. The van der Waals surface area contributed by atoms with Crippen LogP contribution in [-0.4, -0.2) is 29.2 Å². The first-order valence-corrected chi connectivity index (χ1v) is 9.77. The second-order valence-electron chi connectivity index (χ2n) is 7.39. The number of nitrogens with zero attached hydrogens (tertiary/aromatic N) is 1. The molecule has 138 valence electrons. The Labute approximate surface area is 149 Å². The summed E-state index contributed by atoms with van der Waals surface area (Å²) < 4.78 is 20.2. The first-order chi connectivity index (χ1) is 12.2. The minimum Gasteiger partial charge on any atom is -0.461 e. The summed E-state index contributed by atoms with van der Waals surface area (Å²) in [5.74, 6) is 0.744. The molecule has 0 aliphatic carbocycles. The highest BCUT2D eigenvalue weighted by Gasteiger charge is 2.21. The van der Waals surface area contributed by atoms with E-state index in [2.05, 4.69) is 17.9 Å². The van der Waals surface area contributed by atoms with Gasteiger partial charge in [-0.25, -0.2) is 4.39 Å². The number of aliphatic hydroxyl groups is 1. The highest BCUT2D eigenvalue weighted by Crippen LogP contribution is 2.26. The molecular weight excluding hydrogens is 317 g/mol. The van der Waals surface area contributed by atoms with Gasteiger partial charge in [-0.1, -0.05) is 39.0 Å². The zero-order chi connectivity index (χ0) is 17.6. The van der Waals surface area contributed by atoms with E-state index in [1.807, 2.05) is 6.07 Å². The molecule has 1 atom stereocenters. The molecule has 0 radical (unpaired) electrons. The summed E-state index contributed by atoms with van der Waals surface area (Å²) in [6.45, 7) is 4.24. The van der Waals surface area contributed by atoms with Gasteiger partial charge in [-0.05, 0) is 25.0 Å². The summed E-state index contributed by atoms with van der Waals surface area (Å²) in [5, 5.41) is 10.6. The van der Waals surface area contributed by atoms with Crippen LogP contribution in [0.1, 0.15) is 63.2 Å². The molecule has 1 N–H and O–H groups in total. The Balaban J connectivity index is 1.58. The third kappa shape index (κ3) is 5.05. The maximum atomic E-state index is 14.4. The SMILES string of the molecule is CCCCCCCCc1cc2cc(CN3CC[C@H](O)C3)c(F)cc2o1. The van der Waals surface area contributed by atoms with Gasteiger partial charge in [0.15, 0.2) is 0 Å². The van der Waals surface area contributed by atoms with E-state index in [4.69, 9.17) is 4.42 Å². The predicted molar refractivity (Wildman–Crippen MR) is 99.2 cm³/mol. The van der Waals surface area contributed by atoms with Crippen LogP contribution in [0.3, 0.4) is 0 Å². The predicted octanol–water partition coefficient (Wildman–Crippen LogP) is 5.04. The number of β-amino-alcohol motifs (C(OH)–C–C–N with tert-alkyl or cyclic N) is 1. The average Bonchev–Trinajstić information content (AvgIpc) is 3.16. The lowest BCUT2D eigenvalue weighted by molar-refractivity contribution is 0.174. The molecule has 2 heterocycles. The smallest absolute Gasteiger partial charge is 0.137 e. The third-order valence-electron chi connectivity index (χ3n) is 5.15. The number of rotatable bonds is 9.